The largest absolute Gasteiger partial charge is 1.00 e. The third kappa shape index (κ3) is 5.81. The van der Waals surface area contributed by atoms with E-state index >= 15 is 0 Å². The van der Waals surface area contributed by atoms with Crippen molar-refractivity contribution in [2.45, 2.75) is 26.3 Å². The second-order valence-electron chi connectivity index (χ2n) is 2.73. The van der Waals surface area contributed by atoms with Crippen molar-refractivity contribution in [3.8, 4) is 0 Å². The summed E-state index contributed by atoms with van der Waals surface area (Å²) in [4.78, 5) is 2.07. The Bertz CT molecular complexity index is 71.8. The fourth-order valence-corrected chi connectivity index (χ4v) is 1.90. The number of hydrogen-bond donors (Lipinski definition) is 2. The van der Waals surface area contributed by atoms with Crippen LogP contribution in [0, 0.1) is 0 Å². The summed E-state index contributed by atoms with van der Waals surface area (Å²) in [6.45, 7) is 6.10. The fourth-order valence-electron chi connectivity index (χ4n) is 0.283. The van der Waals surface area contributed by atoms with Crippen LogP contribution < -0.4 is 48.7 Å². The molecule has 60 valence electrons. The molecule has 0 saturated carbocycles. The summed E-state index contributed by atoms with van der Waals surface area (Å²) in [6.07, 6.45) is 0. The predicted octanol–water partition coefficient (Wildman–Crippen LogP) is -6.30. The maximum Gasteiger partial charge on any atom is -1.00 e. The molecule has 0 aliphatic heterocycles. The predicted molar refractivity (Wildman–Crippen MR) is 28.4 cm³/mol. The fraction of sp³-hybridized carbons (Fsp3) is 1.00. The summed E-state index contributed by atoms with van der Waals surface area (Å²) in [5.41, 5.74) is 0.0298. The minimum atomic E-state index is -0.0729. The van der Waals surface area contributed by atoms with E-state index in [1.54, 1.807) is 0 Å². The normalized spacial score (nSPS) is 14.8. The van der Waals surface area contributed by atoms with Gasteiger partial charge in [-0.05, 0) is 0 Å². The first-order valence-corrected chi connectivity index (χ1v) is 5.78. The van der Waals surface area contributed by atoms with Gasteiger partial charge in [0.15, 0.2) is 0 Å². The van der Waals surface area contributed by atoms with Gasteiger partial charge in [0.05, 0.1) is 0 Å². The average molecular weight is 358 g/mol. The van der Waals surface area contributed by atoms with Crippen molar-refractivity contribution in [2.24, 2.45) is 0 Å². The molecule has 0 aliphatic rings. The van der Waals surface area contributed by atoms with E-state index in [0.717, 1.165) is 0 Å². The van der Waals surface area contributed by atoms with Gasteiger partial charge in [-0.25, -0.2) is 0 Å². The first-order chi connectivity index (χ1) is 3.48. The van der Waals surface area contributed by atoms with Gasteiger partial charge in [-0.2, -0.15) is 0 Å². The van der Waals surface area contributed by atoms with Crippen molar-refractivity contribution < 1.29 is 53.9 Å². The molecule has 1 unspecified atom stereocenters. The van der Waals surface area contributed by atoms with Crippen molar-refractivity contribution in [2.75, 3.05) is 4.93 Å². The summed E-state index contributed by atoms with van der Waals surface area (Å²) in [5.74, 6) is 0. The average Bonchev–Trinajstić information content (AvgIpc) is 1.62. The molecular weight excluding hydrogens is 344 g/mol. The molecule has 0 fully saturated rings. The Kier molecular flexibility index (Phi) is 7.35. The van der Waals surface area contributed by atoms with Gasteiger partial charge in [0.2, 0.25) is 0 Å². The van der Waals surface area contributed by atoms with Crippen molar-refractivity contribution in [1.29, 1.82) is 0 Å². The standard InChI is InChI=1S/C5H14INO.HI/c1-5(2,3)7(8)6-4;/h7-8H,1-4H3;1H/p-1. The summed E-state index contributed by atoms with van der Waals surface area (Å²) in [7, 11) is 0. The third-order valence-corrected chi connectivity index (χ3v) is 3.44. The third-order valence-electron chi connectivity index (χ3n) is 0.798. The zero-order valence-electron chi connectivity index (χ0n) is 6.20. The number of rotatable bonds is 1. The van der Waals surface area contributed by atoms with Gasteiger partial charge in [-0.3, -0.25) is 0 Å². The molecule has 0 aromatic heterocycles. The number of alkyl halides is 1. The number of hydroxylamine groups is 1. The maximum atomic E-state index is 9.16. The van der Waals surface area contributed by atoms with Crippen LogP contribution in [0.15, 0.2) is 0 Å². The van der Waals surface area contributed by atoms with Crippen molar-refractivity contribution in [3.05, 3.63) is 0 Å². The first-order valence-electron chi connectivity index (χ1n) is 2.54. The Labute approximate surface area is 84.6 Å². The van der Waals surface area contributed by atoms with Gasteiger partial charge < -0.3 is 24.0 Å². The van der Waals surface area contributed by atoms with E-state index in [2.05, 4.69) is 4.93 Å². The number of quaternary nitrogens is 1. The number of hydrogen-bond acceptors (Lipinski definition) is 1. The SMILES string of the molecule is C[I-][NH+](O)C(C)(C)C.[I-]. The first kappa shape index (κ1) is 13.0. The summed E-state index contributed by atoms with van der Waals surface area (Å²) >= 11 is -0.0729. The van der Waals surface area contributed by atoms with Crippen LogP contribution >= 0.6 is 0 Å². The van der Waals surface area contributed by atoms with E-state index < -0.39 is 0 Å². The van der Waals surface area contributed by atoms with Crippen LogP contribution in [0.3, 0.4) is 0 Å². The van der Waals surface area contributed by atoms with Crippen LogP contribution in [0.25, 0.3) is 0 Å². The Morgan fingerprint density at radius 2 is 1.67 bits per heavy atom. The molecule has 0 aromatic rings. The second-order valence-corrected chi connectivity index (χ2v) is 4.83. The minimum absolute atomic E-state index is 0. The van der Waals surface area contributed by atoms with Crippen LogP contribution in [-0.2, 0) is 0 Å². The van der Waals surface area contributed by atoms with E-state index in [1.165, 1.54) is 0 Å². The summed E-state index contributed by atoms with van der Waals surface area (Å²) < 4.78 is 0.691. The molecule has 0 radical (unpaired) electrons. The van der Waals surface area contributed by atoms with Gasteiger partial charge in [0.1, 0.15) is 0 Å². The molecule has 0 spiro atoms. The Balaban J connectivity index is 0. The van der Waals surface area contributed by atoms with Crippen LogP contribution in [0.2, 0.25) is 0 Å². The molecule has 0 amide bonds. The molecule has 0 bridgehead atoms. The quantitative estimate of drug-likeness (QED) is 0.207. The van der Waals surface area contributed by atoms with Crippen molar-refractivity contribution >= 4 is 0 Å². The van der Waals surface area contributed by atoms with Crippen LogP contribution in [0.1, 0.15) is 20.8 Å². The summed E-state index contributed by atoms with van der Waals surface area (Å²) in [5, 5.41) is 9.16. The van der Waals surface area contributed by atoms with E-state index in [1.807, 2.05) is 20.8 Å². The Morgan fingerprint density at radius 3 is 1.67 bits per heavy atom. The van der Waals surface area contributed by atoms with Gasteiger partial charge in [0, 0.05) is 0 Å². The summed E-state index contributed by atoms with van der Waals surface area (Å²) in [6, 6.07) is 0. The molecular formula is C5H14I2NO-. The zero-order chi connectivity index (χ0) is 6.78. The van der Waals surface area contributed by atoms with Crippen LogP contribution in [0.4, 0.5) is 0 Å². The zero-order valence-corrected chi connectivity index (χ0v) is 10.5. The molecule has 0 aliphatic carbocycles. The van der Waals surface area contributed by atoms with Crippen molar-refractivity contribution in [1.82, 2.24) is 0 Å². The number of nitrogens with one attached hydrogen (secondary N) is 1. The molecule has 0 rings (SSSR count). The molecule has 0 aromatic carbocycles. The molecule has 0 heterocycles. The van der Waals surface area contributed by atoms with E-state index in [9.17, 15) is 0 Å². The molecule has 2 nitrogen and oxygen atoms in total. The second kappa shape index (κ2) is 5.09. The molecule has 4 heteroatoms. The topological polar surface area (TPSA) is 24.7 Å². The molecule has 1 atom stereocenters. The molecule has 9 heavy (non-hydrogen) atoms. The molecule has 2 N–H and O–H groups in total. The smallest absolute Gasteiger partial charge is 1.00 e. The van der Waals surface area contributed by atoms with Crippen LogP contribution in [0.5, 0.6) is 0 Å². The number of halogens is 2. The van der Waals surface area contributed by atoms with Crippen molar-refractivity contribution in [3.63, 3.8) is 0 Å². The monoisotopic (exact) mass is 358 g/mol. The minimum Gasteiger partial charge on any atom is -1.00 e. The van der Waals surface area contributed by atoms with E-state index in [4.69, 9.17) is 5.21 Å². The Hall–Kier alpha value is 1.38. The Morgan fingerprint density at radius 1 is 1.33 bits per heavy atom. The van der Waals surface area contributed by atoms with Crippen LogP contribution in [-0.4, -0.2) is 15.7 Å². The van der Waals surface area contributed by atoms with E-state index in [-0.39, 0.29) is 51.0 Å². The van der Waals surface area contributed by atoms with Gasteiger partial charge in [-0.1, -0.05) is 0 Å². The molecule has 0 saturated heterocycles. The van der Waals surface area contributed by atoms with Gasteiger partial charge in [0.25, 0.3) is 0 Å². The van der Waals surface area contributed by atoms with Gasteiger partial charge >= 0.3 is 61.2 Å². The van der Waals surface area contributed by atoms with Gasteiger partial charge in [-0.15, -0.1) is 0 Å². The maximum absolute atomic E-state index is 9.16. The van der Waals surface area contributed by atoms with E-state index in [0.29, 0.717) is 3.28 Å².